The summed E-state index contributed by atoms with van der Waals surface area (Å²) in [4.78, 5) is 23.3. The topological polar surface area (TPSA) is 79.4 Å². The zero-order chi connectivity index (χ0) is 20.1. The molecule has 1 amide bonds. The SMILES string of the molecule is Cc1ccccc1NC(=O)c1cc(Nc2ccccc2N2CCOCC2)ncn1. The lowest BCUT2D eigenvalue weighted by Gasteiger charge is -2.30. The summed E-state index contributed by atoms with van der Waals surface area (Å²) >= 11 is 0. The Hall–Kier alpha value is -3.45. The van der Waals surface area contributed by atoms with Crippen LogP contribution in [-0.4, -0.2) is 42.2 Å². The van der Waals surface area contributed by atoms with Crippen molar-refractivity contribution in [1.82, 2.24) is 9.97 Å². The van der Waals surface area contributed by atoms with Crippen LogP contribution in [0.2, 0.25) is 0 Å². The van der Waals surface area contributed by atoms with E-state index >= 15 is 0 Å². The summed E-state index contributed by atoms with van der Waals surface area (Å²) in [6.45, 7) is 5.06. The van der Waals surface area contributed by atoms with Crippen molar-refractivity contribution in [3.8, 4) is 0 Å². The number of morpholine rings is 1. The quantitative estimate of drug-likeness (QED) is 0.694. The second-order valence-electron chi connectivity index (χ2n) is 6.80. The fourth-order valence-electron chi connectivity index (χ4n) is 3.25. The van der Waals surface area contributed by atoms with Gasteiger partial charge in [-0.1, -0.05) is 30.3 Å². The van der Waals surface area contributed by atoms with Crippen molar-refractivity contribution in [1.29, 1.82) is 0 Å². The molecule has 1 aliphatic heterocycles. The number of carbonyl (C=O) groups excluding carboxylic acids is 1. The Labute approximate surface area is 169 Å². The molecule has 148 valence electrons. The van der Waals surface area contributed by atoms with Gasteiger partial charge in [-0.2, -0.15) is 0 Å². The number of amides is 1. The average molecular weight is 389 g/mol. The van der Waals surface area contributed by atoms with E-state index in [1.807, 2.05) is 49.4 Å². The normalized spacial score (nSPS) is 13.8. The average Bonchev–Trinajstić information content (AvgIpc) is 2.76. The van der Waals surface area contributed by atoms with Gasteiger partial charge < -0.3 is 20.3 Å². The van der Waals surface area contributed by atoms with Gasteiger partial charge in [-0.3, -0.25) is 4.79 Å². The number of hydrogen-bond acceptors (Lipinski definition) is 6. The highest BCUT2D eigenvalue weighted by molar-refractivity contribution is 6.03. The van der Waals surface area contributed by atoms with Crippen molar-refractivity contribution in [3.05, 3.63) is 72.2 Å². The molecule has 4 rings (SSSR count). The van der Waals surface area contributed by atoms with Crippen molar-refractivity contribution < 1.29 is 9.53 Å². The number of aryl methyl sites for hydroxylation is 1. The van der Waals surface area contributed by atoms with E-state index in [1.54, 1.807) is 6.07 Å². The molecule has 1 aromatic heterocycles. The maximum absolute atomic E-state index is 12.6. The fraction of sp³-hybridized carbons (Fsp3) is 0.227. The van der Waals surface area contributed by atoms with Gasteiger partial charge in [0.1, 0.15) is 17.8 Å². The minimum absolute atomic E-state index is 0.272. The van der Waals surface area contributed by atoms with E-state index in [9.17, 15) is 4.79 Å². The third kappa shape index (κ3) is 4.52. The summed E-state index contributed by atoms with van der Waals surface area (Å²) in [6.07, 6.45) is 1.40. The van der Waals surface area contributed by atoms with Crippen LogP contribution in [0, 0.1) is 6.92 Å². The molecule has 2 heterocycles. The highest BCUT2D eigenvalue weighted by Gasteiger charge is 2.16. The maximum atomic E-state index is 12.6. The van der Waals surface area contributed by atoms with Gasteiger partial charge in [0.25, 0.3) is 5.91 Å². The Morgan fingerprint density at radius 1 is 1.00 bits per heavy atom. The predicted octanol–water partition coefficient (Wildman–Crippen LogP) is 3.62. The second kappa shape index (κ2) is 8.70. The molecule has 1 aliphatic rings. The zero-order valence-corrected chi connectivity index (χ0v) is 16.3. The molecule has 0 unspecified atom stereocenters. The summed E-state index contributed by atoms with van der Waals surface area (Å²) in [5.41, 5.74) is 4.07. The first-order valence-corrected chi connectivity index (χ1v) is 9.58. The van der Waals surface area contributed by atoms with Crippen LogP contribution in [0.15, 0.2) is 60.9 Å². The molecular weight excluding hydrogens is 366 g/mol. The molecule has 2 aromatic carbocycles. The van der Waals surface area contributed by atoms with Crippen molar-refractivity contribution >= 4 is 28.8 Å². The number of carbonyl (C=O) groups is 1. The first-order chi connectivity index (χ1) is 14.2. The van der Waals surface area contributed by atoms with Crippen molar-refractivity contribution in [2.75, 3.05) is 41.8 Å². The molecule has 0 spiro atoms. The van der Waals surface area contributed by atoms with Crippen LogP contribution in [0.25, 0.3) is 0 Å². The van der Waals surface area contributed by atoms with Gasteiger partial charge in [-0.05, 0) is 30.7 Å². The molecule has 2 N–H and O–H groups in total. The third-order valence-corrected chi connectivity index (χ3v) is 4.81. The second-order valence-corrected chi connectivity index (χ2v) is 6.80. The van der Waals surface area contributed by atoms with Gasteiger partial charge in [0, 0.05) is 24.8 Å². The first-order valence-electron chi connectivity index (χ1n) is 9.58. The lowest BCUT2D eigenvalue weighted by atomic mass is 10.2. The Morgan fingerprint density at radius 2 is 1.72 bits per heavy atom. The zero-order valence-electron chi connectivity index (χ0n) is 16.3. The van der Waals surface area contributed by atoms with E-state index < -0.39 is 0 Å². The molecule has 7 nitrogen and oxygen atoms in total. The van der Waals surface area contributed by atoms with Crippen molar-refractivity contribution in [3.63, 3.8) is 0 Å². The summed E-state index contributed by atoms with van der Waals surface area (Å²) in [5.74, 6) is 0.293. The highest BCUT2D eigenvalue weighted by atomic mass is 16.5. The van der Waals surface area contributed by atoms with Crippen LogP contribution < -0.4 is 15.5 Å². The van der Waals surface area contributed by atoms with Crippen LogP contribution in [0.1, 0.15) is 16.1 Å². The van der Waals surface area contributed by atoms with E-state index in [0.717, 1.165) is 35.7 Å². The van der Waals surface area contributed by atoms with E-state index in [2.05, 4.69) is 31.6 Å². The van der Waals surface area contributed by atoms with Gasteiger partial charge in [-0.25, -0.2) is 9.97 Å². The third-order valence-electron chi connectivity index (χ3n) is 4.81. The minimum atomic E-state index is -0.272. The molecule has 0 aliphatic carbocycles. The Morgan fingerprint density at radius 3 is 2.52 bits per heavy atom. The highest BCUT2D eigenvalue weighted by Crippen LogP contribution is 2.28. The molecule has 0 saturated carbocycles. The van der Waals surface area contributed by atoms with Gasteiger partial charge in [0.05, 0.1) is 24.6 Å². The number of ether oxygens (including phenoxy) is 1. The van der Waals surface area contributed by atoms with Gasteiger partial charge in [0.2, 0.25) is 0 Å². The number of anilines is 4. The smallest absolute Gasteiger partial charge is 0.274 e. The Bertz CT molecular complexity index is 1000. The summed E-state index contributed by atoms with van der Waals surface area (Å²) < 4.78 is 5.45. The lowest BCUT2D eigenvalue weighted by Crippen LogP contribution is -2.36. The van der Waals surface area contributed by atoms with E-state index in [4.69, 9.17) is 4.74 Å². The standard InChI is InChI=1S/C22H23N5O2/c1-16-6-2-3-7-17(16)26-22(28)19-14-21(24-15-23-19)25-18-8-4-5-9-20(18)27-10-12-29-13-11-27/h2-9,14-15H,10-13H2,1H3,(H,26,28)(H,23,24,25). The summed E-state index contributed by atoms with van der Waals surface area (Å²) in [7, 11) is 0. The molecule has 1 fully saturated rings. The Kier molecular flexibility index (Phi) is 5.67. The molecule has 7 heteroatoms. The maximum Gasteiger partial charge on any atom is 0.274 e. The van der Waals surface area contributed by atoms with Crippen molar-refractivity contribution in [2.24, 2.45) is 0 Å². The molecule has 0 bridgehead atoms. The Balaban J connectivity index is 1.53. The lowest BCUT2D eigenvalue weighted by molar-refractivity contribution is 0.102. The van der Waals surface area contributed by atoms with Crippen LogP contribution in [0.4, 0.5) is 22.9 Å². The van der Waals surface area contributed by atoms with Crippen LogP contribution in [-0.2, 0) is 4.74 Å². The number of benzene rings is 2. The van der Waals surface area contributed by atoms with Crippen LogP contribution in [0.5, 0.6) is 0 Å². The largest absolute Gasteiger partial charge is 0.378 e. The number of para-hydroxylation sites is 3. The van der Waals surface area contributed by atoms with E-state index in [1.165, 1.54) is 6.33 Å². The number of nitrogens with one attached hydrogen (secondary N) is 2. The van der Waals surface area contributed by atoms with Gasteiger partial charge in [0.15, 0.2) is 0 Å². The first kappa shape index (κ1) is 18.9. The van der Waals surface area contributed by atoms with E-state index in [-0.39, 0.29) is 5.91 Å². The minimum Gasteiger partial charge on any atom is -0.378 e. The summed E-state index contributed by atoms with van der Waals surface area (Å²) in [5, 5.41) is 6.23. The number of aromatic nitrogens is 2. The summed E-state index contributed by atoms with van der Waals surface area (Å²) in [6, 6.07) is 17.3. The number of nitrogens with zero attached hydrogens (tertiary/aromatic N) is 3. The molecule has 3 aromatic rings. The fourth-order valence-corrected chi connectivity index (χ4v) is 3.25. The van der Waals surface area contributed by atoms with Gasteiger partial charge in [-0.15, -0.1) is 0 Å². The van der Waals surface area contributed by atoms with Crippen LogP contribution in [0.3, 0.4) is 0 Å². The number of hydrogen-bond donors (Lipinski definition) is 2. The van der Waals surface area contributed by atoms with Crippen LogP contribution >= 0.6 is 0 Å². The molecular formula is C22H23N5O2. The monoisotopic (exact) mass is 389 g/mol. The molecule has 1 saturated heterocycles. The molecule has 0 radical (unpaired) electrons. The molecule has 0 atom stereocenters. The predicted molar refractivity (Wildman–Crippen MR) is 114 cm³/mol. The number of rotatable bonds is 5. The van der Waals surface area contributed by atoms with Crippen molar-refractivity contribution in [2.45, 2.75) is 6.92 Å². The van der Waals surface area contributed by atoms with E-state index in [0.29, 0.717) is 24.7 Å². The van der Waals surface area contributed by atoms with Gasteiger partial charge >= 0.3 is 0 Å². The molecule has 29 heavy (non-hydrogen) atoms.